The molecule has 0 unspecified atom stereocenters. The minimum atomic E-state index is 0.518. The lowest BCUT2D eigenvalue weighted by molar-refractivity contribution is 0.0811. The minimum absolute atomic E-state index is 0.518. The van der Waals surface area contributed by atoms with Crippen molar-refractivity contribution in [3.63, 3.8) is 0 Å². The van der Waals surface area contributed by atoms with E-state index in [1.54, 1.807) is 6.20 Å². The summed E-state index contributed by atoms with van der Waals surface area (Å²) >= 11 is 0. The molecule has 0 bridgehead atoms. The lowest BCUT2D eigenvalue weighted by atomic mass is 9.90. The molecule has 3 heterocycles. The molecule has 0 atom stereocenters. The summed E-state index contributed by atoms with van der Waals surface area (Å²) in [6, 6.07) is 13.7. The highest BCUT2D eigenvalue weighted by Crippen LogP contribution is 2.32. The maximum atomic E-state index is 5.65. The first-order chi connectivity index (χ1) is 15.7. The molecule has 32 heavy (non-hydrogen) atoms. The topological polar surface area (TPSA) is 51.4 Å². The summed E-state index contributed by atoms with van der Waals surface area (Å²) < 4.78 is 9.67. The van der Waals surface area contributed by atoms with E-state index in [4.69, 9.17) is 9.84 Å². The van der Waals surface area contributed by atoms with Gasteiger partial charge in [0.2, 0.25) is 5.88 Å². The van der Waals surface area contributed by atoms with Crippen LogP contribution in [0.2, 0.25) is 0 Å². The first-order valence-corrected chi connectivity index (χ1v) is 12.0. The van der Waals surface area contributed by atoms with E-state index < -0.39 is 0 Å². The van der Waals surface area contributed by atoms with Gasteiger partial charge in [-0.05, 0) is 57.9 Å². The predicted molar refractivity (Wildman–Crippen MR) is 126 cm³/mol. The Bertz CT molecular complexity index is 994. The van der Waals surface area contributed by atoms with Crippen molar-refractivity contribution in [2.45, 2.75) is 44.7 Å². The molecule has 5 rings (SSSR count). The number of hydrogen-bond acceptors (Lipinski definition) is 5. The van der Waals surface area contributed by atoms with Gasteiger partial charge in [-0.25, -0.2) is 4.68 Å². The number of benzene rings is 1. The Balaban J connectivity index is 1.21. The summed E-state index contributed by atoms with van der Waals surface area (Å²) in [7, 11) is 2.23. The Labute approximate surface area is 190 Å². The summed E-state index contributed by atoms with van der Waals surface area (Å²) in [5.74, 6) is 0.761. The molecule has 0 amide bonds. The molecule has 0 spiro atoms. The van der Waals surface area contributed by atoms with E-state index in [-0.39, 0.29) is 0 Å². The molecule has 0 N–H and O–H groups in total. The van der Waals surface area contributed by atoms with Crippen molar-refractivity contribution < 1.29 is 4.74 Å². The fraction of sp³-hybridized carbons (Fsp3) is 0.520. The average molecular weight is 435 g/mol. The number of aromatic nitrogens is 4. The first-order valence-electron chi connectivity index (χ1n) is 12.0. The van der Waals surface area contributed by atoms with Gasteiger partial charge in [0.05, 0.1) is 30.2 Å². The van der Waals surface area contributed by atoms with Crippen LogP contribution < -0.4 is 4.74 Å². The average Bonchev–Trinajstić information content (AvgIpc) is 3.50. The highest BCUT2D eigenvalue weighted by atomic mass is 16.5. The molecule has 1 aromatic carbocycles. The molecule has 2 aromatic heterocycles. The summed E-state index contributed by atoms with van der Waals surface area (Å²) in [5, 5.41) is 9.32. The molecule has 0 radical (unpaired) electrons. The van der Waals surface area contributed by atoms with Crippen molar-refractivity contribution >= 4 is 0 Å². The summed E-state index contributed by atoms with van der Waals surface area (Å²) in [4.78, 5) is 5.15. The number of ether oxygens (including phenoxy) is 1. The molecule has 3 aromatic rings. The van der Waals surface area contributed by atoms with Gasteiger partial charge in [0.25, 0.3) is 0 Å². The van der Waals surface area contributed by atoms with Crippen LogP contribution in [0, 0.1) is 0 Å². The third-order valence-corrected chi connectivity index (χ3v) is 7.01. The van der Waals surface area contributed by atoms with Crippen molar-refractivity contribution in [3.05, 3.63) is 48.8 Å². The molecular weight excluding hydrogens is 400 g/mol. The summed E-state index contributed by atoms with van der Waals surface area (Å²) in [6.45, 7) is 7.45. The molecule has 1 saturated carbocycles. The smallest absolute Gasteiger partial charge is 0.216 e. The lowest BCUT2D eigenvalue weighted by Crippen LogP contribution is -2.49. The van der Waals surface area contributed by atoms with Gasteiger partial charge < -0.3 is 9.64 Å². The number of piperazine rings is 1. The molecule has 1 aliphatic heterocycles. The maximum absolute atomic E-state index is 5.65. The fourth-order valence-corrected chi connectivity index (χ4v) is 5.09. The highest BCUT2D eigenvalue weighted by Gasteiger charge is 2.28. The number of nitrogens with zero attached hydrogens (tertiary/aromatic N) is 6. The second kappa shape index (κ2) is 9.46. The Morgan fingerprint density at radius 1 is 0.906 bits per heavy atom. The first kappa shape index (κ1) is 21.2. The Morgan fingerprint density at radius 2 is 1.62 bits per heavy atom. The van der Waals surface area contributed by atoms with Crippen LogP contribution in [0.4, 0.5) is 0 Å². The molecule has 7 heteroatoms. The number of hydrogen-bond donors (Lipinski definition) is 0. The van der Waals surface area contributed by atoms with Crippen molar-refractivity contribution in [1.29, 1.82) is 0 Å². The van der Waals surface area contributed by atoms with Crippen molar-refractivity contribution in [2.75, 3.05) is 39.8 Å². The van der Waals surface area contributed by atoms with E-state index in [0.29, 0.717) is 12.6 Å². The molecule has 1 saturated heterocycles. The second-order valence-corrected chi connectivity index (χ2v) is 9.04. The molecule has 7 nitrogen and oxygen atoms in total. The molecule has 2 fully saturated rings. The molecule has 2 aliphatic rings. The van der Waals surface area contributed by atoms with Crippen LogP contribution in [0.5, 0.6) is 5.88 Å². The van der Waals surface area contributed by atoms with Crippen molar-refractivity contribution in [1.82, 2.24) is 29.4 Å². The zero-order valence-corrected chi connectivity index (χ0v) is 19.2. The normalized spacial score (nSPS) is 22.8. The summed E-state index contributed by atoms with van der Waals surface area (Å²) in [5.41, 5.74) is 3.15. The largest absolute Gasteiger partial charge is 0.478 e. The highest BCUT2D eigenvalue weighted by molar-refractivity contribution is 5.60. The zero-order chi connectivity index (χ0) is 21.9. The monoisotopic (exact) mass is 434 g/mol. The van der Waals surface area contributed by atoms with Crippen LogP contribution >= 0.6 is 0 Å². The van der Waals surface area contributed by atoms with E-state index in [1.807, 2.05) is 17.7 Å². The van der Waals surface area contributed by atoms with E-state index in [0.717, 1.165) is 28.9 Å². The zero-order valence-electron chi connectivity index (χ0n) is 19.2. The second-order valence-electron chi connectivity index (χ2n) is 9.04. The standard InChI is InChI=1S/C25H34N6O/c1-3-32-25-12-14-26-31(25)23-6-4-20(5-7-23)24-13-15-30(27-24)22-10-8-21(9-11-22)29-18-16-28(2)17-19-29/h4-7,12-15,21-22H,3,8-11,16-19H2,1-2H3. The van der Waals surface area contributed by atoms with Crippen LogP contribution in [0.1, 0.15) is 38.6 Å². The van der Waals surface area contributed by atoms with Crippen LogP contribution in [-0.4, -0.2) is 75.2 Å². The van der Waals surface area contributed by atoms with E-state index in [9.17, 15) is 0 Å². The Kier molecular flexibility index (Phi) is 6.28. The molecular formula is C25H34N6O. The Morgan fingerprint density at radius 3 is 2.34 bits per heavy atom. The van der Waals surface area contributed by atoms with Gasteiger partial charge in [-0.3, -0.25) is 9.58 Å². The lowest BCUT2D eigenvalue weighted by Gasteiger charge is -2.41. The van der Waals surface area contributed by atoms with Gasteiger partial charge in [0.15, 0.2) is 0 Å². The number of likely N-dealkylation sites (N-methyl/N-ethyl adjacent to an activating group) is 1. The minimum Gasteiger partial charge on any atom is -0.478 e. The maximum Gasteiger partial charge on any atom is 0.216 e. The van der Waals surface area contributed by atoms with Gasteiger partial charge in [-0.15, -0.1) is 0 Å². The van der Waals surface area contributed by atoms with E-state index in [1.165, 1.54) is 51.9 Å². The van der Waals surface area contributed by atoms with E-state index in [2.05, 4.69) is 63.2 Å². The van der Waals surface area contributed by atoms with Crippen molar-refractivity contribution in [2.24, 2.45) is 0 Å². The quantitative estimate of drug-likeness (QED) is 0.590. The number of rotatable bonds is 6. The van der Waals surface area contributed by atoms with Gasteiger partial charge in [-0.2, -0.15) is 10.2 Å². The fourth-order valence-electron chi connectivity index (χ4n) is 5.09. The van der Waals surface area contributed by atoms with Gasteiger partial charge in [0, 0.05) is 50.0 Å². The van der Waals surface area contributed by atoms with Gasteiger partial charge in [0.1, 0.15) is 0 Å². The predicted octanol–water partition coefficient (Wildman–Crippen LogP) is 3.87. The third-order valence-electron chi connectivity index (χ3n) is 7.01. The van der Waals surface area contributed by atoms with Crippen LogP contribution in [-0.2, 0) is 0 Å². The van der Waals surface area contributed by atoms with E-state index >= 15 is 0 Å². The molecule has 1 aliphatic carbocycles. The van der Waals surface area contributed by atoms with Crippen LogP contribution in [0.25, 0.3) is 16.9 Å². The molecule has 170 valence electrons. The Hall–Kier alpha value is -2.64. The SMILES string of the molecule is CCOc1ccnn1-c1ccc(-c2ccn(C3CCC(N4CCN(C)CC4)CC3)n2)cc1. The van der Waals surface area contributed by atoms with Crippen LogP contribution in [0.3, 0.4) is 0 Å². The van der Waals surface area contributed by atoms with Gasteiger partial charge >= 0.3 is 0 Å². The van der Waals surface area contributed by atoms with Crippen LogP contribution in [0.15, 0.2) is 48.8 Å². The van der Waals surface area contributed by atoms with Gasteiger partial charge in [-0.1, -0.05) is 12.1 Å². The van der Waals surface area contributed by atoms with Crippen molar-refractivity contribution in [3.8, 4) is 22.8 Å². The third kappa shape index (κ3) is 4.45. The summed E-state index contributed by atoms with van der Waals surface area (Å²) in [6.07, 6.45) is 8.92.